The van der Waals surface area contributed by atoms with Gasteiger partial charge in [-0.1, -0.05) is 19.9 Å². The molecule has 0 amide bonds. The van der Waals surface area contributed by atoms with Crippen molar-refractivity contribution >= 4 is 11.9 Å². The molecule has 0 saturated heterocycles. The van der Waals surface area contributed by atoms with E-state index in [0.29, 0.717) is 6.54 Å². The number of rotatable bonds is 3. The summed E-state index contributed by atoms with van der Waals surface area (Å²) in [5, 5.41) is 15.4. The summed E-state index contributed by atoms with van der Waals surface area (Å²) in [5.74, 6) is -1.49. The van der Waals surface area contributed by atoms with Crippen molar-refractivity contribution in [3.8, 4) is 0 Å². The third kappa shape index (κ3) is 74.6. The molecule has 5 heteroatoms. The quantitative estimate of drug-likeness (QED) is 0.599. The van der Waals surface area contributed by atoms with Crippen molar-refractivity contribution in [3.05, 3.63) is 12.7 Å². The van der Waals surface area contributed by atoms with Crippen LogP contribution in [0.15, 0.2) is 12.7 Å². The summed E-state index contributed by atoms with van der Waals surface area (Å²) in [6.45, 7) is 7.14. The average Bonchev–Trinajstić information content (AvgIpc) is 2.19. The van der Waals surface area contributed by atoms with Crippen LogP contribution >= 0.6 is 0 Å². The Hall–Kier alpha value is -1.36. The normalized spacial score (nSPS) is 7.07. The molecule has 0 saturated carbocycles. The summed E-state index contributed by atoms with van der Waals surface area (Å²) >= 11 is 0. The van der Waals surface area contributed by atoms with E-state index in [1.807, 2.05) is 0 Å². The average molecular weight is 205 g/mol. The van der Waals surface area contributed by atoms with Crippen LogP contribution in [0.1, 0.15) is 26.7 Å². The Bertz CT molecular complexity index is 143. The smallest absolute Gasteiger partial charge is 0.303 e. The van der Waals surface area contributed by atoms with E-state index in [-0.39, 0.29) is 12.8 Å². The molecule has 0 heterocycles. The van der Waals surface area contributed by atoms with Gasteiger partial charge in [0.2, 0.25) is 0 Å². The van der Waals surface area contributed by atoms with Gasteiger partial charge in [0.1, 0.15) is 0 Å². The highest BCUT2D eigenvalue weighted by atomic mass is 16.4. The third-order valence-corrected chi connectivity index (χ3v) is 0.772. The Labute approximate surface area is 84.2 Å². The van der Waals surface area contributed by atoms with E-state index in [2.05, 4.69) is 6.58 Å². The number of hydrogen-bond donors (Lipinski definition) is 3. The lowest BCUT2D eigenvalue weighted by Gasteiger charge is -1.71. The van der Waals surface area contributed by atoms with Crippen LogP contribution in [0.4, 0.5) is 0 Å². The Morgan fingerprint density at radius 3 is 1.36 bits per heavy atom. The fourth-order valence-corrected chi connectivity index (χ4v) is 0. The van der Waals surface area contributed by atoms with E-state index in [4.69, 9.17) is 15.9 Å². The van der Waals surface area contributed by atoms with Gasteiger partial charge in [-0.05, 0) is 0 Å². The number of nitrogens with two attached hydrogens (primary N) is 1. The summed E-state index contributed by atoms with van der Waals surface area (Å²) in [6, 6.07) is 0. The molecule has 0 bridgehead atoms. The molecule has 84 valence electrons. The number of carboxylic acid groups (broad SMARTS) is 2. The fourth-order valence-electron chi connectivity index (χ4n) is 0. The predicted octanol–water partition coefficient (Wildman–Crippen LogP) is 1.09. The first-order valence-electron chi connectivity index (χ1n) is 4.20. The van der Waals surface area contributed by atoms with Gasteiger partial charge in [0.05, 0.1) is 0 Å². The first-order chi connectivity index (χ1) is 6.45. The lowest BCUT2D eigenvalue weighted by molar-refractivity contribution is -0.137. The molecular weight excluding hydrogens is 186 g/mol. The topological polar surface area (TPSA) is 101 Å². The van der Waals surface area contributed by atoms with Gasteiger partial charge in [0, 0.05) is 19.4 Å². The summed E-state index contributed by atoms with van der Waals surface area (Å²) in [5.41, 5.74) is 4.91. The van der Waals surface area contributed by atoms with Crippen molar-refractivity contribution in [2.45, 2.75) is 26.7 Å². The van der Waals surface area contributed by atoms with Gasteiger partial charge < -0.3 is 15.9 Å². The molecule has 0 unspecified atom stereocenters. The minimum absolute atomic E-state index is 0.222. The van der Waals surface area contributed by atoms with Gasteiger partial charge in [-0.2, -0.15) is 0 Å². The monoisotopic (exact) mass is 205 g/mol. The molecule has 14 heavy (non-hydrogen) atoms. The largest absolute Gasteiger partial charge is 0.481 e. The van der Waals surface area contributed by atoms with Crippen LogP contribution in [0.2, 0.25) is 0 Å². The summed E-state index contributed by atoms with van der Waals surface area (Å²) in [7, 11) is 0. The Balaban J connectivity index is -0.000000131. The molecule has 0 spiro atoms. The highest BCUT2D eigenvalue weighted by molar-refractivity contribution is 5.66. The standard InChI is InChI=1S/C3H7N.2C3H6O2/c1-2-3-4;2*1-2-3(4)5/h2H,1,3-4H2;2*2H2,1H3,(H,4,5). The second-order valence-electron chi connectivity index (χ2n) is 2.02. The molecule has 0 atom stereocenters. The maximum atomic E-state index is 9.37. The molecule has 0 aromatic carbocycles. The van der Waals surface area contributed by atoms with Crippen LogP contribution in [-0.4, -0.2) is 28.7 Å². The third-order valence-electron chi connectivity index (χ3n) is 0.772. The molecular formula is C9H19NO4. The highest BCUT2D eigenvalue weighted by Crippen LogP contribution is 1.67. The summed E-state index contributed by atoms with van der Waals surface area (Å²) in [6.07, 6.45) is 2.10. The van der Waals surface area contributed by atoms with Gasteiger partial charge in [-0.15, -0.1) is 6.58 Å². The van der Waals surface area contributed by atoms with Crippen molar-refractivity contribution < 1.29 is 19.8 Å². The minimum Gasteiger partial charge on any atom is -0.481 e. The fraction of sp³-hybridized carbons (Fsp3) is 0.556. The Morgan fingerprint density at radius 1 is 1.21 bits per heavy atom. The van der Waals surface area contributed by atoms with Gasteiger partial charge in [-0.3, -0.25) is 9.59 Å². The zero-order valence-electron chi connectivity index (χ0n) is 8.69. The maximum Gasteiger partial charge on any atom is 0.303 e. The molecule has 0 radical (unpaired) electrons. The van der Waals surface area contributed by atoms with Crippen molar-refractivity contribution in [1.29, 1.82) is 0 Å². The van der Waals surface area contributed by atoms with Crippen molar-refractivity contribution in [3.63, 3.8) is 0 Å². The van der Waals surface area contributed by atoms with Crippen LogP contribution in [0.5, 0.6) is 0 Å². The Kier molecular flexibility index (Phi) is 23.2. The van der Waals surface area contributed by atoms with E-state index >= 15 is 0 Å². The van der Waals surface area contributed by atoms with E-state index in [9.17, 15) is 9.59 Å². The van der Waals surface area contributed by atoms with Gasteiger partial charge in [0.25, 0.3) is 0 Å². The van der Waals surface area contributed by atoms with E-state index in [1.165, 1.54) is 0 Å². The molecule has 0 rings (SSSR count). The number of carboxylic acids is 2. The minimum atomic E-state index is -0.745. The SMILES string of the molecule is C=CCN.CCC(=O)O.CCC(=O)O. The molecule has 0 aliphatic carbocycles. The second kappa shape index (κ2) is 17.7. The molecule has 0 fully saturated rings. The number of hydrogen-bond acceptors (Lipinski definition) is 3. The van der Waals surface area contributed by atoms with Crippen LogP contribution < -0.4 is 5.73 Å². The van der Waals surface area contributed by atoms with Gasteiger partial charge >= 0.3 is 11.9 Å². The van der Waals surface area contributed by atoms with Crippen LogP contribution in [-0.2, 0) is 9.59 Å². The van der Waals surface area contributed by atoms with Crippen LogP contribution in [0, 0.1) is 0 Å². The van der Waals surface area contributed by atoms with Crippen LogP contribution in [0.3, 0.4) is 0 Å². The van der Waals surface area contributed by atoms with Gasteiger partial charge in [0.15, 0.2) is 0 Å². The first-order valence-corrected chi connectivity index (χ1v) is 4.20. The molecule has 0 aliphatic rings. The maximum absolute atomic E-state index is 9.37. The second-order valence-corrected chi connectivity index (χ2v) is 2.02. The first kappa shape index (κ1) is 18.4. The lowest BCUT2D eigenvalue weighted by atomic mass is 10.5. The zero-order chi connectivity index (χ0) is 12.0. The van der Waals surface area contributed by atoms with E-state index < -0.39 is 11.9 Å². The van der Waals surface area contributed by atoms with Crippen molar-refractivity contribution in [1.82, 2.24) is 0 Å². The van der Waals surface area contributed by atoms with Gasteiger partial charge in [-0.25, -0.2) is 0 Å². The van der Waals surface area contributed by atoms with E-state index in [0.717, 1.165) is 0 Å². The molecule has 4 N–H and O–H groups in total. The van der Waals surface area contributed by atoms with Crippen molar-refractivity contribution in [2.24, 2.45) is 5.73 Å². The summed E-state index contributed by atoms with van der Waals surface area (Å²) in [4.78, 5) is 18.7. The predicted molar refractivity (Wildman–Crippen MR) is 55.1 cm³/mol. The van der Waals surface area contributed by atoms with E-state index in [1.54, 1.807) is 19.9 Å². The Morgan fingerprint density at radius 2 is 1.36 bits per heavy atom. The molecule has 5 nitrogen and oxygen atoms in total. The number of carbonyl (C=O) groups is 2. The van der Waals surface area contributed by atoms with Crippen molar-refractivity contribution in [2.75, 3.05) is 6.54 Å². The van der Waals surface area contributed by atoms with Crippen LogP contribution in [0.25, 0.3) is 0 Å². The number of aliphatic carboxylic acids is 2. The molecule has 0 aromatic rings. The highest BCUT2D eigenvalue weighted by Gasteiger charge is 1.81. The molecule has 0 aliphatic heterocycles. The lowest BCUT2D eigenvalue weighted by Crippen LogP contribution is -1.90. The molecule has 0 aromatic heterocycles. The zero-order valence-corrected chi connectivity index (χ0v) is 8.69. The summed E-state index contributed by atoms with van der Waals surface area (Å²) < 4.78 is 0.